The van der Waals surface area contributed by atoms with E-state index in [2.05, 4.69) is 5.32 Å². The fraction of sp³-hybridized carbons (Fsp3) is 0.571. The first kappa shape index (κ1) is 24.4. The van der Waals surface area contributed by atoms with Crippen LogP contribution in [0.3, 0.4) is 0 Å². The van der Waals surface area contributed by atoms with Crippen LogP contribution in [0.1, 0.15) is 53.5 Å². The summed E-state index contributed by atoms with van der Waals surface area (Å²) >= 11 is 0. The van der Waals surface area contributed by atoms with Crippen LogP contribution in [-0.2, 0) is 20.9 Å². The highest BCUT2D eigenvalue weighted by Gasteiger charge is 2.40. The average Bonchev–Trinajstić information content (AvgIpc) is 2.57. The molecule has 5 N–H and O–H groups in total. The van der Waals surface area contributed by atoms with Gasteiger partial charge in [0.15, 0.2) is 5.66 Å². The number of rotatable bonds is 8. The van der Waals surface area contributed by atoms with Crippen LogP contribution < -0.4 is 16.8 Å². The van der Waals surface area contributed by atoms with E-state index >= 15 is 0 Å². The molecule has 0 heterocycles. The summed E-state index contributed by atoms with van der Waals surface area (Å²) < 4.78 is 5.29. The molecule has 0 radical (unpaired) electrons. The van der Waals surface area contributed by atoms with E-state index in [1.807, 2.05) is 44.2 Å². The zero-order valence-corrected chi connectivity index (χ0v) is 18.2. The number of carbonyl (C=O) groups excluding carboxylic acids is 3. The topological polar surface area (TPSA) is 128 Å². The van der Waals surface area contributed by atoms with Crippen molar-refractivity contribution in [2.75, 3.05) is 0 Å². The van der Waals surface area contributed by atoms with Gasteiger partial charge in [-0.2, -0.15) is 0 Å². The lowest BCUT2D eigenvalue weighted by molar-refractivity contribution is -0.148. The number of amides is 3. The third-order valence-corrected chi connectivity index (χ3v) is 4.21. The first-order valence-corrected chi connectivity index (χ1v) is 9.67. The Labute approximate surface area is 172 Å². The number of nitrogens with zero attached hydrogens (tertiary/aromatic N) is 1. The van der Waals surface area contributed by atoms with E-state index in [1.165, 1.54) is 11.8 Å². The zero-order valence-electron chi connectivity index (χ0n) is 18.2. The minimum Gasteiger partial charge on any atom is -0.444 e. The smallest absolute Gasteiger partial charge is 0.408 e. The molecule has 0 aliphatic heterocycles. The van der Waals surface area contributed by atoms with E-state index < -0.39 is 35.2 Å². The second-order valence-electron chi connectivity index (χ2n) is 8.75. The maximum Gasteiger partial charge on any atom is 0.408 e. The van der Waals surface area contributed by atoms with Gasteiger partial charge in [0.2, 0.25) is 5.91 Å². The van der Waals surface area contributed by atoms with Crippen LogP contribution in [0.2, 0.25) is 0 Å². The van der Waals surface area contributed by atoms with E-state index in [0.29, 0.717) is 6.42 Å². The third kappa shape index (κ3) is 7.73. The van der Waals surface area contributed by atoms with Gasteiger partial charge >= 0.3 is 6.09 Å². The van der Waals surface area contributed by atoms with E-state index in [1.54, 1.807) is 20.8 Å². The van der Waals surface area contributed by atoms with Crippen molar-refractivity contribution in [3.05, 3.63) is 35.9 Å². The zero-order chi connectivity index (χ0) is 22.4. The van der Waals surface area contributed by atoms with Crippen LogP contribution in [0.15, 0.2) is 30.3 Å². The average molecular weight is 407 g/mol. The minimum atomic E-state index is -1.74. The van der Waals surface area contributed by atoms with Crippen LogP contribution in [0.5, 0.6) is 0 Å². The first-order valence-electron chi connectivity index (χ1n) is 9.67. The molecule has 0 aliphatic rings. The number of hydrogen-bond acceptors (Lipinski definition) is 5. The maximum atomic E-state index is 13.4. The molecular weight excluding hydrogens is 372 g/mol. The summed E-state index contributed by atoms with van der Waals surface area (Å²) in [5.41, 5.74) is 9.94. The fourth-order valence-electron chi connectivity index (χ4n) is 2.70. The summed E-state index contributed by atoms with van der Waals surface area (Å²) in [4.78, 5) is 38.9. The molecule has 0 unspecified atom stereocenters. The molecule has 0 saturated carbocycles. The van der Waals surface area contributed by atoms with Crippen molar-refractivity contribution in [2.45, 2.75) is 71.8 Å². The number of carbonyl (C=O) groups is 3. The number of nitrogens with two attached hydrogens (primary N) is 2. The van der Waals surface area contributed by atoms with Gasteiger partial charge in [-0.15, -0.1) is 0 Å². The van der Waals surface area contributed by atoms with Gasteiger partial charge in [0.05, 0.1) is 0 Å². The molecule has 0 spiro atoms. The van der Waals surface area contributed by atoms with Crippen molar-refractivity contribution >= 4 is 17.9 Å². The van der Waals surface area contributed by atoms with Gasteiger partial charge < -0.3 is 26.4 Å². The van der Waals surface area contributed by atoms with E-state index in [9.17, 15) is 14.4 Å². The highest BCUT2D eigenvalue weighted by atomic mass is 16.6. The van der Waals surface area contributed by atoms with Crippen LogP contribution in [0, 0.1) is 5.92 Å². The number of benzene rings is 1. The van der Waals surface area contributed by atoms with E-state index in [4.69, 9.17) is 16.2 Å². The molecule has 8 heteroatoms. The molecule has 8 nitrogen and oxygen atoms in total. The van der Waals surface area contributed by atoms with E-state index in [-0.39, 0.29) is 12.5 Å². The van der Waals surface area contributed by atoms with Crippen molar-refractivity contribution < 1.29 is 19.1 Å². The predicted molar refractivity (Wildman–Crippen MR) is 111 cm³/mol. The van der Waals surface area contributed by atoms with Gasteiger partial charge in [-0.05, 0) is 45.6 Å². The van der Waals surface area contributed by atoms with Crippen LogP contribution in [-0.4, -0.2) is 40.1 Å². The molecule has 1 aromatic rings. The molecular formula is C21H34N4O4. The molecule has 162 valence electrons. The van der Waals surface area contributed by atoms with Crippen LogP contribution >= 0.6 is 0 Å². The highest BCUT2D eigenvalue weighted by Crippen LogP contribution is 2.19. The molecule has 0 saturated heterocycles. The summed E-state index contributed by atoms with van der Waals surface area (Å²) in [7, 11) is 0. The Balaban J connectivity index is 3.21. The summed E-state index contributed by atoms with van der Waals surface area (Å²) in [5, 5.41) is 2.62. The highest BCUT2D eigenvalue weighted by molar-refractivity contribution is 5.92. The van der Waals surface area contributed by atoms with Crippen molar-refractivity contribution in [3.8, 4) is 0 Å². The van der Waals surface area contributed by atoms with Crippen molar-refractivity contribution in [2.24, 2.45) is 17.4 Å². The van der Waals surface area contributed by atoms with Crippen LogP contribution in [0.25, 0.3) is 0 Å². The number of primary amides is 1. The number of hydrogen-bond donors (Lipinski definition) is 3. The molecule has 0 bridgehead atoms. The van der Waals surface area contributed by atoms with Crippen molar-refractivity contribution in [3.63, 3.8) is 0 Å². The second kappa shape index (κ2) is 9.73. The SMILES string of the molecule is CC(C)C[C@@H](NC(=O)OC(C)(C)C)C(=O)N(Cc1ccccc1)[C@](C)(N)C(N)=O. The van der Waals surface area contributed by atoms with Gasteiger partial charge in [-0.1, -0.05) is 44.2 Å². The Morgan fingerprint density at radius 3 is 2.10 bits per heavy atom. The summed E-state index contributed by atoms with van der Waals surface area (Å²) in [5.74, 6) is -1.25. The van der Waals surface area contributed by atoms with Crippen LogP contribution in [0.4, 0.5) is 4.79 Å². The number of ether oxygens (including phenoxy) is 1. The van der Waals surface area contributed by atoms with Gasteiger partial charge in [0.1, 0.15) is 11.6 Å². The van der Waals surface area contributed by atoms with E-state index in [0.717, 1.165) is 5.56 Å². The number of alkyl carbamates (subject to hydrolysis) is 1. The standard InChI is InChI=1S/C21H34N4O4/c1-14(2)12-16(24-19(28)29-20(3,4)5)17(26)25(21(6,23)18(22)27)13-15-10-8-7-9-11-15/h7-11,14,16H,12-13,23H2,1-6H3,(H2,22,27)(H,24,28)/t16-,21+/m1/s1. The Morgan fingerprint density at radius 2 is 1.66 bits per heavy atom. The van der Waals surface area contributed by atoms with Gasteiger partial charge in [-0.25, -0.2) is 4.79 Å². The fourth-order valence-corrected chi connectivity index (χ4v) is 2.70. The first-order chi connectivity index (χ1) is 13.2. The molecule has 3 amide bonds. The molecule has 0 aromatic heterocycles. The lowest BCUT2D eigenvalue weighted by Gasteiger charge is -2.38. The molecule has 0 fully saturated rings. The van der Waals surface area contributed by atoms with Crippen molar-refractivity contribution in [1.82, 2.24) is 10.2 Å². The summed E-state index contributed by atoms with van der Waals surface area (Å²) in [6.07, 6.45) is -0.368. The second-order valence-corrected chi connectivity index (χ2v) is 8.75. The molecule has 29 heavy (non-hydrogen) atoms. The molecule has 1 rings (SSSR count). The minimum absolute atomic E-state index is 0.0696. The largest absolute Gasteiger partial charge is 0.444 e. The lowest BCUT2D eigenvalue weighted by Crippen LogP contribution is -2.66. The quantitative estimate of drug-likeness (QED) is 0.570. The Kier molecular flexibility index (Phi) is 8.20. The van der Waals surface area contributed by atoms with Crippen molar-refractivity contribution in [1.29, 1.82) is 0 Å². The predicted octanol–water partition coefficient (Wildman–Crippen LogP) is 2.11. The monoisotopic (exact) mass is 406 g/mol. The number of nitrogens with one attached hydrogen (secondary N) is 1. The summed E-state index contributed by atoms with van der Waals surface area (Å²) in [6, 6.07) is 8.20. The Morgan fingerprint density at radius 1 is 1.10 bits per heavy atom. The Hall–Kier alpha value is -2.61. The molecule has 0 aliphatic carbocycles. The molecule has 2 atom stereocenters. The normalized spacial score (nSPS) is 14.6. The Bertz CT molecular complexity index is 711. The van der Waals surface area contributed by atoms with Gasteiger partial charge in [0.25, 0.3) is 5.91 Å². The molecule has 1 aromatic carbocycles. The summed E-state index contributed by atoms with van der Waals surface area (Å²) in [6.45, 7) is 10.5. The lowest BCUT2D eigenvalue weighted by atomic mass is 10.00. The van der Waals surface area contributed by atoms with Gasteiger partial charge in [-0.3, -0.25) is 9.59 Å². The van der Waals surface area contributed by atoms with Gasteiger partial charge in [0, 0.05) is 6.54 Å². The third-order valence-electron chi connectivity index (χ3n) is 4.21. The maximum absolute atomic E-state index is 13.4.